The molecule has 0 spiro atoms. The Morgan fingerprint density at radius 2 is 1.71 bits per heavy atom. The zero-order chi connectivity index (χ0) is 15.1. The minimum absolute atomic E-state index is 0.398. The first-order valence-corrected chi connectivity index (χ1v) is 8.10. The maximum absolute atomic E-state index is 3.63. The van der Waals surface area contributed by atoms with Crippen molar-refractivity contribution in [2.75, 3.05) is 6.54 Å². The number of hydrogen-bond donors (Lipinski definition) is 1. The number of rotatable bonds is 7. The summed E-state index contributed by atoms with van der Waals surface area (Å²) in [6.07, 6.45) is 3.41. The lowest BCUT2D eigenvalue weighted by molar-refractivity contribution is 0.549. The van der Waals surface area contributed by atoms with E-state index in [1.54, 1.807) is 0 Å². The van der Waals surface area contributed by atoms with Gasteiger partial charge in [-0.05, 0) is 43.0 Å². The predicted octanol–water partition coefficient (Wildman–Crippen LogP) is 4.84. The predicted molar refractivity (Wildman–Crippen MR) is 91.7 cm³/mol. The first-order valence-electron chi connectivity index (χ1n) is 8.10. The minimum atomic E-state index is 0.398. The lowest BCUT2D eigenvalue weighted by atomic mass is 9.96. The van der Waals surface area contributed by atoms with Crippen LogP contribution in [0.5, 0.6) is 0 Å². The molecular formula is C20H27N. The van der Waals surface area contributed by atoms with Gasteiger partial charge in [-0.15, -0.1) is 0 Å². The fourth-order valence-corrected chi connectivity index (χ4v) is 2.77. The largest absolute Gasteiger partial charge is 0.310 e. The maximum Gasteiger partial charge on any atom is 0.0360 e. The Bertz CT molecular complexity index is 542. The molecule has 2 rings (SSSR count). The van der Waals surface area contributed by atoms with Crippen molar-refractivity contribution >= 4 is 0 Å². The Morgan fingerprint density at radius 1 is 0.952 bits per heavy atom. The fourth-order valence-electron chi connectivity index (χ4n) is 2.77. The van der Waals surface area contributed by atoms with E-state index in [4.69, 9.17) is 0 Å². The summed E-state index contributed by atoms with van der Waals surface area (Å²) in [6.45, 7) is 7.55. The van der Waals surface area contributed by atoms with E-state index in [-0.39, 0.29) is 0 Å². The molecule has 0 aliphatic carbocycles. The molecule has 0 aliphatic heterocycles. The van der Waals surface area contributed by atoms with Crippen LogP contribution in [-0.4, -0.2) is 6.54 Å². The Hall–Kier alpha value is -1.60. The molecule has 1 N–H and O–H groups in total. The van der Waals surface area contributed by atoms with E-state index in [0.717, 1.165) is 19.4 Å². The third-order valence-electron chi connectivity index (χ3n) is 3.90. The van der Waals surface area contributed by atoms with Crippen LogP contribution in [0.25, 0.3) is 0 Å². The summed E-state index contributed by atoms with van der Waals surface area (Å²) in [5.41, 5.74) is 5.57. The summed E-state index contributed by atoms with van der Waals surface area (Å²) in [5, 5.41) is 3.63. The molecule has 21 heavy (non-hydrogen) atoms. The van der Waals surface area contributed by atoms with Gasteiger partial charge in [-0.3, -0.25) is 0 Å². The quantitative estimate of drug-likeness (QED) is 0.765. The number of likely N-dealkylation sites (N-methyl/N-ethyl adjacent to an activating group) is 1. The van der Waals surface area contributed by atoms with Gasteiger partial charge in [-0.1, -0.05) is 74.4 Å². The van der Waals surface area contributed by atoms with Crippen LogP contribution < -0.4 is 5.32 Å². The second-order valence-electron chi connectivity index (χ2n) is 5.80. The van der Waals surface area contributed by atoms with Crippen molar-refractivity contribution < 1.29 is 0 Å². The van der Waals surface area contributed by atoms with Crippen molar-refractivity contribution in [2.24, 2.45) is 0 Å². The van der Waals surface area contributed by atoms with Gasteiger partial charge < -0.3 is 5.32 Å². The van der Waals surface area contributed by atoms with Crippen molar-refractivity contribution in [3.63, 3.8) is 0 Å². The highest BCUT2D eigenvalue weighted by atomic mass is 14.9. The highest BCUT2D eigenvalue weighted by Crippen LogP contribution is 2.20. The van der Waals surface area contributed by atoms with Gasteiger partial charge in [0.25, 0.3) is 0 Å². The maximum atomic E-state index is 3.63. The minimum Gasteiger partial charge on any atom is -0.310 e. The molecule has 0 fully saturated rings. The van der Waals surface area contributed by atoms with Gasteiger partial charge in [0, 0.05) is 6.04 Å². The van der Waals surface area contributed by atoms with E-state index in [1.165, 1.54) is 28.7 Å². The molecule has 0 aromatic heterocycles. The highest BCUT2D eigenvalue weighted by Gasteiger charge is 2.11. The summed E-state index contributed by atoms with van der Waals surface area (Å²) in [7, 11) is 0. The molecule has 0 radical (unpaired) electrons. The van der Waals surface area contributed by atoms with Crippen LogP contribution >= 0.6 is 0 Å². The van der Waals surface area contributed by atoms with Crippen molar-refractivity contribution in [1.29, 1.82) is 0 Å². The number of hydrogen-bond acceptors (Lipinski definition) is 1. The first-order chi connectivity index (χ1) is 10.2. The lowest BCUT2D eigenvalue weighted by Crippen LogP contribution is -2.23. The average Bonchev–Trinajstić information content (AvgIpc) is 2.50. The molecule has 0 bridgehead atoms. The van der Waals surface area contributed by atoms with Crippen molar-refractivity contribution in [2.45, 2.75) is 46.1 Å². The normalized spacial score (nSPS) is 12.3. The molecule has 1 nitrogen and oxygen atoms in total. The van der Waals surface area contributed by atoms with E-state index in [9.17, 15) is 0 Å². The molecule has 0 amide bonds. The smallest absolute Gasteiger partial charge is 0.0360 e. The molecule has 0 saturated heterocycles. The molecule has 112 valence electrons. The van der Waals surface area contributed by atoms with E-state index in [0.29, 0.717) is 6.04 Å². The zero-order valence-corrected chi connectivity index (χ0v) is 13.5. The first kappa shape index (κ1) is 15.8. The molecule has 1 atom stereocenters. The lowest BCUT2D eigenvalue weighted by Gasteiger charge is -2.19. The van der Waals surface area contributed by atoms with Gasteiger partial charge in [-0.25, -0.2) is 0 Å². The third-order valence-corrected chi connectivity index (χ3v) is 3.90. The number of aryl methyl sites for hydroxylation is 2. The topological polar surface area (TPSA) is 12.0 Å². The molecule has 2 aromatic rings. The van der Waals surface area contributed by atoms with Gasteiger partial charge in [0.15, 0.2) is 0 Å². The fraction of sp³-hybridized carbons (Fsp3) is 0.400. The van der Waals surface area contributed by atoms with Crippen molar-refractivity contribution in [3.05, 3.63) is 70.8 Å². The summed E-state index contributed by atoms with van der Waals surface area (Å²) in [5.74, 6) is 0. The standard InChI is InChI=1S/C20H27N/c1-4-7-17-8-6-9-19(14-17)20(21-5-2)15-18-12-10-16(3)11-13-18/h6,8-14,20-21H,4-5,7,15H2,1-3H3. The van der Waals surface area contributed by atoms with Gasteiger partial charge in [0.05, 0.1) is 0 Å². The van der Waals surface area contributed by atoms with E-state index in [2.05, 4.69) is 74.6 Å². The Morgan fingerprint density at radius 3 is 2.38 bits per heavy atom. The van der Waals surface area contributed by atoms with E-state index in [1.807, 2.05) is 0 Å². The average molecular weight is 281 g/mol. The molecule has 2 aromatic carbocycles. The Balaban J connectivity index is 2.17. The number of benzene rings is 2. The summed E-state index contributed by atoms with van der Waals surface area (Å²) in [6, 6.07) is 18.3. The van der Waals surface area contributed by atoms with Gasteiger partial charge >= 0.3 is 0 Å². The second-order valence-corrected chi connectivity index (χ2v) is 5.80. The monoisotopic (exact) mass is 281 g/mol. The Kier molecular flexibility index (Phi) is 6.01. The van der Waals surface area contributed by atoms with E-state index >= 15 is 0 Å². The van der Waals surface area contributed by atoms with E-state index < -0.39 is 0 Å². The Labute approximate surface area is 129 Å². The molecule has 1 heteroatoms. The SMILES string of the molecule is CCCc1cccc(C(Cc2ccc(C)cc2)NCC)c1. The molecular weight excluding hydrogens is 254 g/mol. The van der Waals surface area contributed by atoms with Crippen LogP contribution in [0, 0.1) is 6.92 Å². The summed E-state index contributed by atoms with van der Waals surface area (Å²) >= 11 is 0. The molecule has 1 unspecified atom stereocenters. The van der Waals surface area contributed by atoms with Gasteiger partial charge in [-0.2, -0.15) is 0 Å². The second kappa shape index (κ2) is 7.99. The summed E-state index contributed by atoms with van der Waals surface area (Å²) < 4.78 is 0. The van der Waals surface area contributed by atoms with Crippen molar-refractivity contribution in [1.82, 2.24) is 5.32 Å². The molecule has 0 aliphatic rings. The zero-order valence-electron chi connectivity index (χ0n) is 13.5. The van der Waals surface area contributed by atoms with Crippen LogP contribution in [0.15, 0.2) is 48.5 Å². The van der Waals surface area contributed by atoms with Gasteiger partial charge in [0.2, 0.25) is 0 Å². The van der Waals surface area contributed by atoms with Gasteiger partial charge in [0.1, 0.15) is 0 Å². The van der Waals surface area contributed by atoms with Crippen LogP contribution in [0.1, 0.15) is 48.6 Å². The van der Waals surface area contributed by atoms with Crippen molar-refractivity contribution in [3.8, 4) is 0 Å². The van der Waals surface area contributed by atoms with Crippen LogP contribution in [0.2, 0.25) is 0 Å². The highest BCUT2D eigenvalue weighted by molar-refractivity contribution is 5.29. The summed E-state index contributed by atoms with van der Waals surface area (Å²) in [4.78, 5) is 0. The van der Waals surface area contributed by atoms with Crippen LogP contribution in [0.4, 0.5) is 0 Å². The molecule has 0 heterocycles. The van der Waals surface area contributed by atoms with Crippen LogP contribution in [-0.2, 0) is 12.8 Å². The van der Waals surface area contributed by atoms with Crippen LogP contribution in [0.3, 0.4) is 0 Å². The third kappa shape index (κ3) is 4.71. The molecule has 0 saturated carbocycles. The number of nitrogens with one attached hydrogen (secondary N) is 1.